The van der Waals surface area contributed by atoms with Gasteiger partial charge < -0.3 is 82.0 Å². The molecule has 3 aliphatic rings. The van der Waals surface area contributed by atoms with Crippen LogP contribution >= 0.6 is 0 Å². The molecule has 12 atom stereocenters. The van der Waals surface area contributed by atoms with E-state index in [0.29, 0.717) is 25.3 Å². The standard InChI is InChI=1S/C30H56N6O12/c1-29(2,3)48-28(42)36(5)24-21(40)27(44-14-30(24,4)43)47-23-18(35-25(41)19(38)8-9-31)12-17(33)22(20(23)39)46-26-16(32)7-6-15(45-26)13-34-10-11-37/h6,16-24,26-27,34,37-40,43H,7-14,31-33H2,1-5H3,(H,35,41)/t16-,17+,18-,19-,20+,21-,22-,23+,24-,26-,27-,30+/m1/s1. The van der Waals surface area contributed by atoms with Gasteiger partial charge in [0.15, 0.2) is 6.29 Å². The van der Waals surface area contributed by atoms with Gasteiger partial charge in [-0.25, -0.2) is 4.79 Å². The molecule has 3 rings (SSSR count). The fourth-order valence-electron chi connectivity index (χ4n) is 5.98. The second-order valence-electron chi connectivity index (χ2n) is 13.8. The van der Waals surface area contributed by atoms with E-state index in [2.05, 4.69) is 10.6 Å². The Labute approximate surface area is 280 Å². The number of hydrogen-bond acceptors (Lipinski definition) is 16. The van der Waals surface area contributed by atoms with Crippen LogP contribution in [0.3, 0.4) is 0 Å². The molecule has 18 heteroatoms. The maximum absolute atomic E-state index is 12.9. The monoisotopic (exact) mass is 692 g/mol. The molecular formula is C30H56N6O12. The number of amides is 2. The molecule has 2 fully saturated rings. The average Bonchev–Trinajstić information content (AvgIpc) is 2.98. The zero-order valence-corrected chi connectivity index (χ0v) is 28.4. The number of hydrogen-bond donors (Lipinski definition) is 10. The minimum atomic E-state index is -1.74. The zero-order chi connectivity index (χ0) is 36.0. The number of rotatable bonds is 13. The number of carbonyl (C=O) groups is 2. The predicted molar refractivity (Wildman–Crippen MR) is 170 cm³/mol. The summed E-state index contributed by atoms with van der Waals surface area (Å²) in [4.78, 5) is 26.8. The van der Waals surface area contributed by atoms with Crippen LogP contribution in [0.2, 0.25) is 0 Å². The lowest BCUT2D eigenvalue weighted by Crippen LogP contribution is -2.70. The van der Waals surface area contributed by atoms with Crippen molar-refractivity contribution in [2.75, 3.05) is 39.9 Å². The Balaban J connectivity index is 1.86. The highest BCUT2D eigenvalue weighted by Gasteiger charge is 2.54. The summed E-state index contributed by atoms with van der Waals surface area (Å²) in [5, 5.41) is 59.3. The molecule has 0 aromatic heterocycles. The largest absolute Gasteiger partial charge is 0.467 e. The van der Waals surface area contributed by atoms with E-state index in [1.807, 2.05) is 0 Å². The number of aliphatic hydroxyl groups is 5. The number of ether oxygens (including phenoxy) is 5. The van der Waals surface area contributed by atoms with Gasteiger partial charge in [-0.1, -0.05) is 0 Å². The molecule has 0 spiro atoms. The smallest absolute Gasteiger partial charge is 0.410 e. The van der Waals surface area contributed by atoms with Crippen LogP contribution < -0.4 is 27.8 Å². The SMILES string of the molecule is CN(C(=O)OC(C)(C)C)[C@@H]1[C@@H](O)[C@@H](O[C@@H]2[C@@H](O)[C@H](O[C@H]3OC(CNCCO)=CC[C@H]3N)[C@@H](N)C[C@H]2NC(=O)[C@H](O)CCN)OC[C@]1(C)O. The Morgan fingerprint density at radius 1 is 1.15 bits per heavy atom. The summed E-state index contributed by atoms with van der Waals surface area (Å²) in [5.41, 5.74) is 15.6. The Bertz CT molecular complexity index is 1090. The van der Waals surface area contributed by atoms with E-state index in [0.717, 1.165) is 4.90 Å². The van der Waals surface area contributed by atoms with E-state index >= 15 is 0 Å². The van der Waals surface area contributed by atoms with Crippen molar-refractivity contribution in [2.24, 2.45) is 17.2 Å². The van der Waals surface area contributed by atoms with E-state index in [-0.39, 0.29) is 32.6 Å². The first kappa shape index (κ1) is 40.2. The van der Waals surface area contributed by atoms with Gasteiger partial charge in [-0.15, -0.1) is 0 Å². The molecule has 48 heavy (non-hydrogen) atoms. The molecule has 18 nitrogen and oxygen atoms in total. The summed E-state index contributed by atoms with van der Waals surface area (Å²) >= 11 is 0. The van der Waals surface area contributed by atoms with Gasteiger partial charge >= 0.3 is 6.09 Å². The van der Waals surface area contributed by atoms with Gasteiger partial charge in [-0.05, 0) is 59.6 Å². The van der Waals surface area contributed by atoms with Crippen LogP contribution in [-0.2, 0) is 28.5 Å². The van der Waals surface area contributed by atoms with Crippen LogP contribution in [0.25, 0.3) is 0 Å². The van der Waals surface area contributed by atoms with Gasteiger partial charge in [-0.3, -0.25) is 4.79 Å². The van der Waals surface area contributed by atoms with Gasteiger partial charge in [0.25, 0.3) is 0 Å². The second kappa shape index (κ2) is 17.1. The van der Waals surface area contributed by atoms with Gasteiger partial charge in [0.2, 0.25) is 12.2 Å². The summed E-state index contributed by atoms with van der Waals surface area (Å²) in [6.07, 6.45) is -8.40. The molecule has 1 saturated carbocycles. The van der Waals surface area contributed by atoms with Crippen molar-refractivity contribution in [1.82, 2.24) is 15.5 Å². The molecule has 0 aromatic carbocycles. The Kier molecular flexibility index (Phi) is 14.4. The predicted octanol–water partition coefficient (Wildman–Crippen LogP) is -3.71. The summed E-state index contributed by atoms with van der Waals surface area (Å²) in [7, 11) is 1.36. The van der Waals surface area contributed by atoms with Crippen LogP contribution in [0.15, 0.2) is 11.8 Å². The number of nitrogens with zero attached hydrogens (tertiary/aromatic N) is 1. The first-order valence-corrected chi connectivity index (χ1v) is 16.2. The molecule has 0 radical (unpaired) electrons. The van der Waals surface area contributed by atoms with Crippen LogP contribution in [0.5, 0.6) is 0 Å². The highest BCUT2D eigenvalue weighted by Crippen LogP contribution is 2.34. The number of carbonyl (C=O) groups excluding carboxylic acids is 2. The average molecular weight is 693 g/mol. The van der Waals surface area contributed by atoms with Gasteiger partial charge in [-0.2, -0.15) is 0 Å². The van der Waals surface area contributed by atoms with Gasteiger partial charge in [0, 0.05) is 19.6 Å². The third-order valence-corrected chi connectivity index (χ3v) is 8.37. The molecule has 13 N–H and O–H groups in total. The fourth-order valence-corrected chi connectivity index (χ4v) is 5.98. The van der Waals surface area contributed by atoms with E-state index in [1.165, 1.54) is 14.0 Å². The first-order chi connectivity index (χ1) is 22.4. The number of nitrogens with one attached hydrogen (secondary N) is 2. The molecule has 278 valence electrons. The van der Waals surface area contributed by atoms with E-state index in [9.17, 15) is 30.0 Å². The topological polar surface area (TPSA) is 287 Å². The van der Waals surface area contributed by atoms with Crippen molar-refractivity contribution in [1.29, 1.82) is 0 Å². The first-order valence-electron chi connectivity index (χ1n) is 16.2. The lowest BCUT2D eigenvalue weighted by atomic mass is 9.83. The highest BCUT2D eigenvalue weighted by atomic mass is 16.7. The molecule has 0 aromatic rings. The minimum absolute atomic E-state index is 0.0159. The molecule has 1 aliphatic carbocycles. The highest BCUT2D eigenvalue weighted by molar-refractivity contribution is 5.80. The molecule has 0 bridgehead atoms. The van der Waals surface area contributed by atoms with Crippen molar-refractivity contribution >= 4 is 12.0 Å². The van der Waals surface area contributed by atoms with Crippen LogP contribution in [0.1, 0.15) is 47.0 Å². The van der Waals surface area contributed by atoms with Gasteiger partial charge in [0.1, 0.15) is 47.5 Å². The summed E-state index contributed by atoms with van der Waals surface area (Å²) in [5.74, 6) is -0.261. The molecular weight excluding hydrogens is 636 g/mol. The maximum atomic E-state index is 12.9. The van der Waals surface area contributed by atoms with E-state index in [4.69, 9.17) is 46.0 Å². The molecule has 0 unspecified atom stereocenters. The molecule has 2 amide bonds. The van der Waals surface area contributed by atoms with Crippen molar-refractivity contribution in [3.05, 3.63) is 11.8 Å². The second-order valence-corrected chi connectivity index (χ2v) is 13.8. The van der Waals surface area contributed by atoms with Crippen LogP contribution in [0.4, 0.5) is 4.79 Å². The minimum Gasteiger partial charge on any atom is -0.467 e. The third-order valence-electron chi connectivity index (χ3n) is 8.37. The summed E-state index contributed by atoms with van der Waals surface area (Å²) in [6.45, 7) is 6.64. The van der Waals surface area contributed by atoms with Crippen molar-refractivity contribution in [3.8, 4) is 0 Å². The van der Waals surface area contributed by atoms with E-state index in [1.54, 1.807) is 26.8 Å². The lowest BCUT2D eigenvalue weighted by Gasteiger charge is -2.50. The third kappa shape index (κ3) is 10.4. The van der Waals surface area contributed by atoms with Crippen molar-refractivity contribution in [3.63, 3.8) is 0 Å². The van der Waals surface area contributed by atoms with Crippen molar-refractivity contribution < 1.29 is 58.8 Å². The van der Waals surface area contributed by atoms with E-state index < -0.39 is 90.5 Å². The summed E-state index contributed by atoms with van der Waals surface area (Å²) < 4.78 is 29.4. The normalized spacial score (nSPS) is 36.4. The zero-order valence-electron chi connectivity index (χ0n) is 28.4. The maximum Gasteiger partial charge on any atom is 0.410 e. The lowest BCUT2D eigenvalue weighted by molar-refractivity contribution is -0.310. The number of likely N-dealkylation sites (N-methyl/N-ethyl adjacent to an activating group) is 1. The van der Waals surface area contributed by atoms with Crippen LogP contribution in [0, 0.1) is 0 Å². The Hall–Kier alpha value is -2.20. The number of nitrogens with two attached hydrogens (primary N) is 3. The number of aliphatic hydroxyl groups excluding tert-OH is 4. The van der Waals surface area contributed by atoms with Gasteiger partial charge in [0.05, 0.1) is 37.9 Å². The Morgan fingerprint density at radius 2 is 1.81 bits per heavy atom. The quantitative estimate of drug-likeness (QED) is 0.0831. The molecule has 1 saturated heterocycles. The summed E-state index contributed by atoms with van der Waals surface area (Å²) in [6, 6.07) is -3.81. The molecule has 2 aliphatic heterocycles. The Morgan fingerprint density at radius 3 is 2.44 bits per heavy atom. The van der Waals surface area contributed by atoms with Crippen molar-refractivity contribution in [2.45, 2.75) is 125 Å². The van der Waals surface area contributed by atoms with Crippen LogP contribution in [-0.4, -0.2) is 161 Å². The molecule has 2 heterocycles. The fraction of sp³-hybridized carbons (Fsp3) is 0.867.